The van der Waals surface area contributed by atoms with E-state index in [0.717, 1.165) is 11.3 Å². The fourth-order valence-corrected chi connectivity index (χ4v) is 2.71. The van der Waals surface area contributed by atoms with Gasteiger partial charge < -0.3 is 10.5 Å². The maximum atomic E-state index is 12.3. The largest absolute Gasteiger partial charge is 0.492 e. The molecule has 0 aliphatic heterocycles. The van der Waals surface area contributed by atoms with Crippen molar-refractivity contribution in [3.05, 3.63) is 29.8 Å². The third-order valence-electron chi connectivity index (χ3n) is 3.74. The van der Waals surface area contributed by atoms with E-state index in [1.807, 2.05) is 24.3 Å². The minimum absolute atomic E-state index is 0.241. The van der Waals surface area contributed by atoms with Crippen molar-refractivity contribution in [2.24, 2.45) is 11.7 Å². The molecule has 0 atom stereocenters. The maximum absolute atomic E-state index is 12.3. The molecule has 3 heteroatoms. The number of hydrogen-bond acceptors (Lipinski definition) is 3. The van der Waals surface area contributed by atoms with E-state index >= 15 is 0 Å². The summed E-state index contributed by atoms with van der Waals surface area (Å²) in [7, 11) is 0. The summed E-state index contributed by atoms with van der Waals surface area (Å²) in [5.74, 6) is 1.56. The monoisotopic (exact) mass is 261 g/mol. The van der Waals surface area contributed by atoms with Crippen molar-refractivity contribution < 1.29 is 9.53 Å². The molecule has 1 aromatic carbocycles. The molecule has 0 radical (unpaired) electrons. The summed E-state index contributed by atoms with van der Waals surface area (Å²) in [5.41, 5.74) is 6.17. The number of nitrogens with two attached hydrogens (primary N) is 1. The van der Waals surface area contributed by atoms with Crippen LogP contribution in [0.2, 0.25) is 0 Å². The predicted octanol–water partition coefficient (Wildman–Crippen LogP) is 3.18. The molecule has 0 saturated heterocycles. The number of benzene rings is 1. The normalized spacial score (nSPS) is 16.3. The second kappa shape index (κ2) is 7.29. The van der Waals surface area contributed by atoms with Gasteiger partial charge in [0.25, 0.3) is 0 Å². The number of ether oxygens (including phenoxy) is 1. The number of hydrogen-bond donors (Lipinski definition) is 1. The van der Waals surface area contributed by atoms with Crippen molar-refractivity contribution in [1.82, 2.24) is 0 Å². The second-order valence-corrected chi connectivity index (χ2v) is 5.30. The maximum Gasteiger partial charge on any atom is 0.163 e. The summed E-state index contributed by atoms with van der Waals surface area (Å²) in [5, 5.41) is 0. The fraction of sp³-hybridized carbons (Fsp3) is 0.562. The molecule has 104 valence electrons. The van der Waals surface area contributed by atoms with Crippen molar-refractivity contribution in [1.29, 1.82) is 0 Å². The predicted molar refractivity (Wildman–Crippen MR) is 76.5 cm³/mol. The molecule has 0 aromatic heterocycles. The minimum Gasteiger partial charge on any atom is -0.492 e. The van der Waals surface area contributed by atoms with E-state index in [1.165, 1.54) is 32.1 Å². The van der Waals surface area contributed by atoms with E-state index in [4.69, 9.17) is 10.5 Å². The molecule has 1 fully saturated rings. The molecule has 0 spiro atoms. The standard InChI is InChI=1S/C16H23NO2/c17-9-10-19-15-8-4-7-14(12-15)16(18)11-13-5-2-1-3-6-13/h4,7-8,12-13H,1-3,5-6,9-11,17H2. The zero-order chi connectivity index (χ0) is 13.5. The topological polar surface area (TPSA) is 52.3 Å². The Morgan fingerprint density at radius 3 is 2.79 bits per heavy atom. The van der Waals surface area contributed by atoms with Gasteiger partial charge in [-0.1, -0.05) is 44.2 Å². The Hall–Kier alpha value is -1.35. The van der Waals surface area contributed by atoms with Gasteiger partial charge in [0.1, 0.15) is 12.4 Å². The molecule has 0 bridgehead atoms. The van der Waals surface area contributed by atoms with E-state index in [1.54, 1.807) is 0 Å². The van der Waals surface area contributed by atoms with Crippen LogP contribution >= 0.6 is 0 Å². The summed E-state index contributed by atoms with van der Waals surface area (Å²) in [4.78, 5) is 12.3. The molecule has 3 nitrogen and oxygen atoms in total. The van der Waals surface area contributed by atoms with Gasteiger partial charge in [0, 0.05) is 18.5 Å². The van der Waals surface area contributed by atoms with Crippen molar-refractivity contribution in [2.75, 3.05) is 13.2 Å². The van der Waals surface area contributed by atoms with Crippen LogP contribution in [-0.4, -0.2) is 18.9 Å². The van der Waals surface area contributed by atoms with Crippen LogP contribution < -0.4 is 10.5 Å². The molecule has 0 unspecified atom stereocenters. The average Bonchev–Trinajstić information content (AvgIpc) is 2.46. The number of ketones is 1. The summed E-state index contributed by atoms with van der Waals surface area (Å²) >= 11 is 0. The summed E-state index contributed by atoms with van der Waals surface area (Å²) in [6.07, 6.45) is 6.97. The van der Waals surface area contributed by atoms with E-state index in [9.17, 15) is 4.79 Å². The average molecular weight is 261 g/mol. The van der Waals surface area contributed by atoms with Gasteiger partial charge in [-0.25, -0.2) is 0 Å². The first-order chi connectivity index (χ1) is 9.29. The first-order valence-electron chi connectivity index (χ1n) is 7.25. The SMILES string of the molecule is NCCOc1cccc(C(=O)CC2CCCCC2)c1. The van der Waals surface area contributed by atoms with Gasteiger partial charge in [-0.15, -0.1) is 0 Å². The van der Waals surface area contributed by atoms with Crippen LogP contribution in [-0.2, 0) is 0 Å². The number of carbonyl (C=O) groups excluding carboxylic acids is 1. The van der Waals surface area contributed by atoms with Crippen LogP contribution in [0, 0.1) is 5.92 Å². The van der Waals surface area contributed by atoms with Crippen molar-refractivity contribution in [3.63, 3.8) is 0 Å². The van der Waals surface area contributed by atoms with Gasteiger partial charge in [0.15, 0.2) is 5.78 Å². The zero-order valence-electron chi connectivity index (χ0n) is 11.4. The van der Waals surface area contributed by atoms with Gasteiger partial charge >= 0.3 is 0 Å². The van der Waals surface area contributed by atoms with Crippen molar-refractivity contribution in [2.45, 2.75) is 38.5 Å². The highest BCUT2D eigenvalue weighted by Crippen LogP contribution is 2.28. The molecule has 19 heavy (non-hydrogen) atoms. The lowest BCUT2D eigenvalue weighted by Crippen LogP contribution is -2.13. The first-order valence-corrected chi connectivity index (χ1v) is 7.25. The Kier molecular flexibility index (Phi) is 5.40. The third-order valence-corrected chi connectivity index (χ3v) is 3.74. The highest BCUT2D eigenvalue weighted by Gasteiger charge is 2.18. The molecule has 0 heterocycles. The lowest BCUT2D eigenvalue weighted by molar-refractivity contribution is 0.0950. The van der Waals surface area contributed by atoms with E-state index in [-0.39, 0.29) is 5.78 Å². The van der Waals surface area contributed by atoms with Crippen molar-refractivity contribution >= 4 is 5.78 Å². The summed E-state index contributed by atoms with van der Waals surface area (Å²) in [6, 6.07) is 7.45. The molecule has 2 N–H and O–H groups in total. The van der Waals surface area contributed by atoms with Gasteiger partial charge in [-0.05, 0) is 18.1 Å². The first kappa shape index (κ1) is 14.1. The Morgan fingerprint density at radius 1 is 1.26 bits per heavy atom. The molecule has 1 aromatic rings. The second-order valence-electron chi connectivity index (χ2n) is 5.30. The molecule has 2 rings (SSSR count). The molecular formula is C16H23NO2. The molecule has 1 aliphatic rings. The van der Waals surface area contributed by atoms with Crippen LogP contribution in [0.3, 0.4) is 0 Å². The highest BCUT2D eigenvalue weighted by molar-refractivity contribution is 5.96. The lowest BCUT2D eigenvalue weighted by Gasteiger charge is -2.20. The lowest BCUT2D eigenvalue weighted by atomic mass is 9.85. The Morgan fingerprint density at radius 2 is 2.05 bits per heavy atom. The number of carbonyl (C=O) groups is 1. The highest BCUT2D eigenvalue weighted by atomic mass is 16.5. The van der Waals surface area contributed by atoms with Crippen LogP contribution in [0.15, 0.2) is 24.3 Å². The quantitative estimate of drug-likeness (QED) is 0.800. The van der Waals surface area contributed by atoms with E-state index < -0.39 is 0 Å². The smallest absolute Gasteiger partial charge is 0.163 e. The summed E-state index contributed by atoms with van der Waals surface area (Å²) in [6.45, 7) is 0.973. The minimum atomic E-state index is 0.241. The Balaban J connectivity index is 1.93. The van der Waals surface area contributed by atoms with Crippen LogP contribution in [0.1, 0.15) is 48.9 Å². The van der Waals surface area contributed by atoms with Gasteiger partial charge in [0.2, 0.25) is 0 Å². The van der Waals surface area contributed by atoms with Gasteiger partial charge in [-0.3, -0.25) is 4.79 Å². The third kappa shape index (κ3) is 4.35. The van der Waals surface area contributed by atoms with Gasteiger partial charge in [-0.2, -0.15) is 0 Å². The van der Waals surface area contributed by atoms with Crippen LogP contribution in [0.5, 0.6) is 5.75 Å². The zero-order valence-corrected chi connectivity index (χ0v) is 11.4. The molecular weight excluding hydrogens is 238 g/mol. The van der Waals surface area contributed by atoms with Crippen molar-refractivity contribution in [3.8, 4) is 5.75 Å². The Bertz CT molecular complexity index is 411. The Labute approximate surface area is 115 Å². The van der Waals surface area contributed by atoms with E-state index in [0.29, 0.717) is 25.5 Å². The molecule has 1 aliphatic carbocycles. The number of Topliss-reactive ketones (excluding diaryl/α,β-unsaturated/α-hetero) is 1. The fourth-order valence-electron chi connectivity index (χ4n) is 2.71. The van der Waals surface area contributed by atoms with Gasteiger partial charge in [0.05, 0.1) is 0 Å². The van der Waals surface area contributed by atoms with E-state index in [2.05, 4.69) is 0 Å². The summed E-state index contributed by atoms with van der Waals surface area (Å²) < 4.78 is 5.46. The van der Waals surface area contributed by atoms with Crippen LogP contribution in [0.25, 0.3) is 0 Å². The molecule has 0 amide bonds. The molecule has 1 saturated carbocycles. The number of rotatable bonds is 6. The van der Waals surface area contributed by atoms with Crippen LogP contribution in [0.4, 0.5) is 0 Å².